The smallest absolute Gasteiger partial charge is 0.255 e. The third kappa shape index (κ3) is 4.80. The first-order chi connectivity index (χ1) is 15.0. The van der Waals surface area contributed by atoms with Crippen molar-refractivity contribution in [1.82, 2.24) is 24.3 Å². The Morgan fingerprint density at radius 2 is 1.87 bits per heavy atom. The molecule has 1 aliphatic rings. The van der Waals surface area contributed by atoms with Gasteiger partial charge < -0.3 is 10.2 Å². The third-order valence-corrected chi connectivity index (χ3v) is 5.67. The minimum atomic E-state index is -0.0378. The molecule has 2 aromatic heterocycles. The Bertz CT molecular complexity index is 1050. The lowest BCUT2D eigenvalue weighted by Crippen LogP contribution is -2.50. The van der Waals surface area contributed by atoms with Gasteiger partial charge in [0.1, 0.15) is 12.1 Å². The zero-order valence-electron chi connectivity index (χ0n) is 17.8. The van der Waals surface area contributed by atoms with Crippen LogP contribution in [0.3, 0.4) is 0 Å². The van der Waals surface area contributed by atoms with Gasteiger partial charge >= 0.3 is 0 Å². The first-order valence-electron chi connectivity index (χ1n) is 10.3. The monoisotopic (exact) mass is 418 g/mol. The van der Waals surface area contributed by atoms with E-state index >= 15 is 0 Å². The lowest BCUT2D eigenvalue weighted by atomic mass is 10.1. The minimum absolute atomic E-state index is 0.0345. The molecule has 0 bridgehead atoms. The normalized spacial score (nSPS) is 14.5. The maximum Gasteiger partial charge on any atom is 0.255 e. The summed E-state index contributed by atoms with van der Waals surface area (Å²) < 4.78 is 1.79. The van der Waals surface area contributed by atoms with Crippen LogP contribution in [0.5, 0.6) is 0 Å². The van der Waals surface area contributed by atoms with Crippen LogP contribution in [-0.2, 0) is 4.79 Å². The quantitative estimate of drug-likeness (QED) is 0.687. The van der Waals surface area contributed by atoms with Crippen molar-refractivity contribution in [3.8, 4) is 5.82 Å². The van der Waals surface area contributed by atoms with Crippen molar-refractivity contribution in [2.45, 2.75) is 13.8 Å². The molecule has 0 aliphatic carbocycles. The molecule has 3 aromatic rings. The Morgan fingerprint density at radius 3 is 2.55 bits per heavy atom. The Hall–Kier alpha value is -3.52. The van der Waals surface area contributed by atoms with E-state index < -0.39 is 0 Å². The fourth-order valence-electron chi connectivity index (χ4n) is 3.63. The number of carbonyl (C=O) groups is 2. The van der Waals surface area contributed by atoms with Crippen LogP contribution in [0, 0.1) is 13.8 Å². The molecule has 31 heavy (non-hydrogen) atoms. The first-order valence-corrected chi connectivity index (χ1v) is 10.3. The van der Waals surface area contributed by atoms with E-state index in [-0.39, 0.29) is 11.8 Å². The largest absolute Gasteiger partial charge is 0.336 e. The number of anilines is 1. The van der Waals surface area contributed by atoms with Gasteiger partial charge in [0.25, 0.3) is 5.91 Å². The van der Waals surface area contributed by atoms with Crippen LogP contribution >= 0.6 is 0 Å². The highest BCUT2D eigenvalue weighted by molar-refractivity contribution is 5.94. The molecule has 0 radical (unpaired) electrons. The number of imidazole rings is 1. The van der Waals surface area contributed by atoms with Crippen LogP contribution in [0.4, 0.5) is 5.69 Å². The van der Waals surface area contributed by atoms with E-state index in [2.05, 4.69) is 20.2 Å². The molecule has 0 unspecified atom stereocenters. The summed E-state index contributed by atoms with van der Waals surface area (Å²) in [5, 5.41) is 3.00. The standard InChI is InChI=1S/C23H26N6O2/c1-17-4-3-5-20(18(17)2)26-22(30)15-27-10-12-28(13-11-27)23(31)19-6-7-21(25-14-19)29-9-8-24-16-29/h3-9,14,16H,10-13,15H2,1-2H3,(H,26,30). The molecular weight excluding hydrogens is 392 g/mol. The van der Waals surface area contributed by atoms with E-state index in [1.807, 2.05) is 43.0 Å². The number of nitrogens with one attached hydrogen (secondary N) is 1. The Balaban J connectivity index is 1.28. The summed E-state index contributed by atoms with van der Waals surface area (Å²) in [5.41, 5.74) is 3.65. The van der Waals surface area contributed by atoms with Crippen LogP contribution in [0.25, 0.3) is 5.82 Å². The average molecular weight is 419 g/mol. The maximum atomic E-state index is 12.8. The molecule has 1 N–H and O–H groups in total. The van der Waals surface area contributed by atoms with Gasteiger partial charge in [0.05, 0.1) is 12.1 Å². The summed E-state index contributed by atoms with van der Waals surface area (Å²) in [6.07, 6.45) is 6.75. The predicted octanol–water partition coefficient (Wildman–Crippen LogP) is 2.28. The zero-order chi connectivity index (χ0) is 21.8. The molecular formula is C23H26N6O2. The second-order valence-electron chi connectivity index (χ2n) is 7.74. The van der Waals surface area contributed by atoms with Gasteiger partial charge in [0, 0.05) is 50.5 Å². The number of hydrogen-bond acceptors (Lipinski definition) is 5. The number of nitrogens with zero attached hydrogens (tertiary/aromatic N) is 5. The van der Waals surface area contributed by atoms with Crippen LogP contribution in [0.15, 0.2) is 55.2 Å². The fourth-order valence-corrected chi connectivity index (χ4v) is 3.63. The van der Waals surface area contributed by atoms with Crippen molar-refractivity contribution < 1.29 is 9.59 Å². The zero-order valence-corrected chi connectivity index (χ0v) is 17.8. The van der Waals surface area contributed by atoms with Gasteiger partial charge in [-0.05, 0) is 43.2 Å². The van der Waals surface area contributed by atoms with Gasteiger partial charge in [-0.1, -0.05) is 12.1 Å². The molecule has 0 spiro atoms. The number of carbonyl (C=O) groups excluding carboxylic acids is 2. The van der Waals surface area contributed by atoms with Crippen molar-refractivity contribution in [2.75, 3.05) is 38.0 Å². The highest BCUT2D eigenvalue weighted by Crippen LogP contribution is 2.18. The van der Waals surface area contributed by atoms with Gasteiger partial charge in [-0.3, -0.25) is 19.1 Å². The van der Waals surface area contributed by atoms with Crippen LogP contribution in [-0.4, -0.2) is 68.9 Å². The molecule has 8 nitrogen and oxygen atoms in total. The number of rotatable bonds is 5. The molecule has 1 fully saturated rings. The van der Waals surface area contributed by atoms with Gasteiger partial charge in [-0.25, -0.2) is 9.97 Å². The number of pyridine rings is 1. The van der Waals surface area contributed by atoms with E-state index in [0.29, 0.717) is 44.1 Å². The summed E-state index contributed by atoms with van der Waals surface area (Å²) in [7, 11) is 0. The number of piperazine rings is 1. The average Bonchev–Trinajstić information content (AvgIpc) is 3.32. The highest BCUT2D eigenvalue weighted by Gasteiger charge is 2.23. The van der Waals surface area contributed by atoms with Crippen LogP contribution in [0.2, 0.25) is 0 Å². The molecule has 160 valence electrons. The lowest BCUT2D eigenvalue weighted by molar-refractivity contribution is -0.117. The van der Waals surface area contributed by atoms with E-state index in [1.165, 1.54) is 0 Å². The van der Waals surface area contributed by atoms with Gasteiger partial charge in [-0.15, -0.1) is 0 Å². The van der Waals surface area contributed by atoms with Gasteiger partial charge in [0.15, 0.2) is 0 Å². The van der Waals surface area contributed by atoms with E-state index in [4.69, 9.17) is 0 Å². The molecule has 1 aromatic carbocycles. The van der Waals surface area contributed by atoms with Crippen molar-refractivity contribution >= 4 is 17.5 Å². The Labute approximate surface area is 181 Å². The molecule has 8 heteroatoms. The van der Waals surface area contributed by atoms with E-state index in [1.54, 1.807) is 35.6 Å². The first kappa shape index (κ1) is 20.7. The number of amides is 2. The van der Waals surface area contributed by atoms with Gasteiger partial charge in [-0.2, -0.15) is 0 Å². The minimum Gasteiger partial charge on any atom is -0.336 e. The fraction of sp³-hybridized carbons (Fsp3) is 0.304. The number of hydrogen-bond donors (Lipinski definition) is 1. The molecule has 0 saturated carbocycles. The van der Waals surface area contributed by atoms with Crippen molar-refractivity contribution in [3.05, 3.63) is 71.9 Å². The highest BCUT2D eigenvalue weighted by atomic mass is 16.2. The SMILES string of the molecule is Cc1cccc(NC(=O)CN2CCN(C(=O)c3ccc(-n4ccnc4)nc3)CC2)c1C. The van der Waals surface area contributed by atoms with Crippen LogP contribution in [0.1, 0.15) is 21.5 Å². The summed E-state index contributed by atoms with van der Waals surface area (Å²) in [6.45, 7) is 6.83. The molecule has 2 amide bonds. The number of benzene rings is 1. The number of aromatic nitrogens is 3. The number of aryl methyl sites for hydroxylation is 1. The molecule has 4 rings (SSSR count). The van der Waals surface area contributed by atoms with Crippen LogP contribution < -0.4 is 5.32 Å². The third-order valence-electron chi connectivity index (χ3n) is 5.67. The topological polar surface area (TPSA) is 83.4 Å². The molecule has 0 atom stereocenters. The summed E-state index contributed by atoms with van der Waals surface area (Å²) >= 11 is 0. The molecule has 1 aliphatic heterocycles. The van der Waals surface area contributed by atoms with Gasteiger partial charge in [0.2, 0.25) is 5.91 Å². The van der Waals surface area contributed by atoms with E-state index in [9.17, 15) is 9.59 Å². The predicted molar refractivity (Wildman–Crippen MR) is 118 cm³/mol. The Kier molecular flexibility index (Phi) is 6.08. The lowest BCUT2D eigenvalue weighted by Gasteiger charge is -2.34. The second-order valence-corrected chi connectivity index (χ2v) is 7.74. The molecule has 3 heterocycles. The van der Waals surface area contributed by atoms with E-state index in [0.717, 1.165) is 16.8 Å². The van der Waals surface area contributed by atoms with Crippen molar-refractivity contribution in [1.29, 1.82) is 0 Å². The second kappa shape index (κ2) is 9.09. The maximum absolute atomic E-state index is 12.8. The Morgan fingerprint density at radius 1 is 1.06 bits per heavy atom. The summed E-state index contributed by atoms with van der Waals surface area (Å²) in [5.74, 6) is 0.644. The summed E-state index contributed by atoms with van der Waals surface area (Å²) in [6, 6.07) is 9.49. The summed E-state index contributed by atoms with van der Waals surface area (Å²) in [4.78, 5) is 37.5. The molecule has 1 saturated heterocycles. The van der Waals surface area contributed by atoms with Crippen molar-refractivity contribution in [2.24, 2.45) is 0 Å². The van der Waals surface area contributed by atoms with Crippen molar-refractivity contribution in [3.63, 3.8) is 0 Å².